The van der Waals surface area contributed by atoms with Crippen LogP contribution in [0.4, 0.5) is 10.5 Å². The van der Waals surface area contributed by atoms with Crippen molar-refractivity contribution in [3.63, 3.8) is 0 Å². The van der Waals surface area contributed by atoms with Gasteiger partial charge in [-0.3, -0.25) is 4.90 Å². The van der Waals surface area contributed by atoms with Crippen LogP contribution in [0.1, 0.15) is 69.6 Å². The van der Waals surface area contributed by atoms with Crippen molar-refractivity contribution in [1.82, 2.24) is 4.98 Å². The summed E-state index contributed by atoms with van der Waals surface area (Å²) in [5, 5.41) is 0. The highest BCUT2D eigenvalue weighted by Crippen LogP contribution is 2.34. The van der Waals surface area contributed by atoms with E-state index in [2.05, 4.69) is 32.9 Å². The molecule has 2 aromatic carbocycles. The number of benzene rings is 2. The van der Waals surface area contributed by atoms with Gasteiger partial charge >= 0.3 is 12.1 Å². The molecule has 0 aliphatic carbocycles. The Morgan fingerprint density at radius 1 is 0.921 bits per heavy atom. The minimum Gasteiger partial charge on any atom is -0.464 e. The van der Waals surface area contributed by atoms with Crippen LogP contribution in [-0.4, -0.2) is 36.3 Å². The Morgan fingerprint density at radius 2 is 1.61 bits per heavy atom. The van der Waals surface area contributed by atoms with Gasteiger partial charge in [-0.2, -0.15) is 0 Å². The second-order valence-electron chi connectivity index (χ2n) is 12.1. The molecule has 6 heteroatoms. The number of amides is 1. The number of aromatic nitrogens is 1. The molecule has 1 aliphatic heterocycles. The molecule has 0 radical (unpaired) electrons. The number of aryl methyl sites for hydroxylation is 1. The number of ether oxygens (including phenoxy) is 2. The van der Waals surface area contributed by atoms with Crippen LogP contribution in [0.5, 0.6) is 0 Å². The predicted octanol–water partition coefficient (Wildman–Crippen LogP) is 7.48. The molecule has 1 aliphatic rings. The number of nitrogens with zero attached hydrogens (tertiary/aromatic N) is 2. The molecule has 2 heterocycles. The molecule has 200 valence electrons. The first-order chi connectivity index (χ1) is 17.8. The van der Waals surface area contributed by atoms with E-state index in [-0.39, 0.29) is 17.2 Å². The van der Waals surface area contributed by atoms with E-state index in [1.54, 1.807) is 4.90 Å². The number of pyridine rings is 1. The lowest BCUT2D eigenvalue weighted by molar-refractivity contribution is 0.0573. The van der Waals surface area contributed by atoms with Gasteiger partial charge in [-0.05, 0) is 80.3 Å². The third kappa shape index (κ3) is 6.42. The molecule has 0 bridgehead atoms. The van der Waals surface area contributed by atoms with Crippen molar-refractivity contribution in [2.24, 2.45) is 5.41 Å². The number of esters is 1. The molecule has 38 heavy (non-hydrogen) atoms. The standard InChI is InChI=1S/C32H38N2O4/c1-31(2,3)20-21-10-12-22(13-11-21)25-16-17-26(33-28(25)29(35)37-7)24-15-14-23-9-8-18-34(27(23)19-24)30(36)38-32(4,5)6/h10-17,19H,8-9,18,20H2,1-7H3. The van der Waals surface area contributed by atoms with Gasteiger partial charge < -0.3 is 9.47 Å². The number of hydrogen-bond acceptors (Lipinski definition) is 5. The average Bonchev–Trinajstić information content (AvgIpc) is 2.85. The minimum absolute atomic E-state index is 0.190. The van der Waals surface area contributed by atoms with E-state index < -0.39 is 11.6 Å². The van der Waals surface area contributed by atoms with Gasteiger partial charge in [0.2, 0.25) is 0 Å². The van der Waals surface area contributed by atoms with Crippen LogP contribution in [0.25, 0.3) is 22.4 Å². The zero-order valence-corrected chi connectivity index (χ0v) is 23.6. The molecule has 1 aromatic heterocycles. The van der Waals surface area contributed by atoms with E-state index >= 15 is 0 Å². The zero-order valence-electron chi connectivity index (χ0n) is 23.6. The Balaban J connectivity index is 1.70. The molecular formula is C32H38N2O4. The van der Waals surface area contributed by atoms with Crippen LogP contribution in [-0.2, 0) is 22.3 Å². The highest BCUT2D eigenvalue weighted by Gasteiger charge is 2.28. The molecule has 0 saturated heterocycles. The summed E-state index contributed by atoms with van der Waals surface area (Å²) in [5.74, 6) is -0.492. The first-order valence-corrected chi connectivity index (χ1v) is 13.2. The normalized spacial score (nSPS) is 13.6. The third-order valence-electron chi connectivity index (χ3n) is 6.39. The lowest BCUT2D eigenvalue weighted by atomic mass is 9.87. The second kappa shape index (κ2) is 10.6. The first kappa shape index (κ1) is 27.4. The van der Waals surface area contributed by atoms with Crippen molar-refractivity contribution in [3.05, 3.63) is 71.4 Å². The molecule has 1 amide bonds. The van der Waals surface area contributed by atoms with Gasteiger partial charge in [-0.1, -0.05) is 57.2 Å². The highest BCUT2D eigenvalue weighted by molar-refractivity contribution is 5.96. The topological polar surface area (TPSA) is 68.7 Å². The summed E-state index contributed by atoms with van der Waals surface area (Å²) >= 11 is 0. The lowest BCUT2D eigenvalue weighted by Gasteiger charge is -2.32. The summed E-state index contributed by atoms with van der Waals surface area (Å²) in [6, 6.07) is 18.1. The Bertz CT molecular complexity index is 1330. The molecule has 0 spiro atoms. The molecule has 6 nitrogen and oxygen atoms in total. The summed E-state index contributed by atoms with van der Waals surface area (Å²) in [4.78, 5) is 32.2. The number of rotatable bonds is 4. The summed E-state index contributed by atoms with van der Waals surface area (Å²) < 4.78 is 10.7. The molecular weight excluding hydrogens is 476 g/mol. The molecule has 0 fully saturated rings. The van der Waals surface area contributed by atoms with E-state index in [4.69, 9.17) is 14.5 Å². The van der Waals surface area contributed by atoms with Gasteiger partial charge in [-0.25, -0.2) is 14.6 Å². The van der Waals surface area contributed by atoms with Gasteiger partial charge in [0.05, 0.1) is 18.5 Å². The van der Waals surface area contributed by atoms with Gasteiger partial charge in [0, 0.05) is 17.7 Å². The maximum atomic E-state index is 12.9. The maximum Gasteiger partial charge on any atom is 0.414 e. The van der Waals surface area contributed by atoms with Crippen LogP contribution in [0.3, 0.4) is 0 Å². The van der Waals surface area contributed by atoms with Crippen molar-refractivity contribution in [1.29, 1.82) is 0 Å². The summed E-state index contributed by atoms with van der Waals surface area (Å²) in [7, 11) is 1.37. The molecule has 3 aromatic rings. The first-order valence-electron chi connectivity index (χ1n) is 13.2. The Labute approximate surface area is 226 Å². The fourth-order valence-electron chi connectivity index (χ4n) is 4.76. The van der Waals surface area contributed by atoms with Crippen molar-refractivity contribution in [3.8, 4) is 22.4 Å². The van der Waals surface area contributed by atoms with Crippen LogP contribution in [0, 0.1) is 5.41 Å². The number of anilines is 1. The number of carbonyl (C=O) groups excluding carboxylic acids is 2. The average molecular weight is 515 g/mol. The molecule has 4 rings (SSSR count). The fourth-order valence-corrected chi connectivity index (χ4v) is 4.76. The van der Waals surface area contributed by atoms with Crippen LogP contribution in [0.2, 0.25) is 0 Å². The SMILES string of the molecule is COC(=O)c1nc(-c2ccc3c(c2)N(C(=O)OC(C)(C)C)CCC3)ccc1-c1ccc(CC(C)(C)C)cc1. The number of fused-ring (bicyclic) bond motifs is 1. The van der Waals surface area contributed by atoms with Crippen molar-refractivity contribution in [2.45, 2.75) is 66.4 Å². The second-order valence-corrected chi connectivity index (χ2v) is 12.1. The Kier molecular flexibility index (Phi) is 7.63. The number of methoxy groups -OCH3 is 1. The van der Waals surface area contributed by atoms with Crippen LogP contribution in [0.15, 0.2) is 54.6 Å². The summed E-state index contributed by atoms with van der Waals surface area (Å²) in [6.07, 6.45) is 2.37. The summed E-state index contributed by atoms with van der Waals surface area (Å²) in [5.41, 5.74) is 6.10. The van der Waals surface area contributed by atoms with E-state index in [0.717, 1.165) is 47.2 Å². The van der Waals surface area contributed by atoms with E-state index in [0.29, 0.717) is 12.2 Å². The molecule has 0 unspecified atom stereocenters. The highest BCUT2D eigenvalue weighted by atomic mass is 16.6. The maximum absolute atomic E-state index is 12.9. The number of carbonyl (C=O) groups is 2. The minimum atomic E-state index is -0.579. The van der Waals surface area contributed by atoms with Gasteiger partial charge in [0.15, 0.2) is 5.69 Å². The van der Waals surface area contributed by atoms with Gasteiger partial charge in [0.1, 0.15) is 5.60 Å². The van der Waals surface area contributed by atoms with E-state index in [9.17, 15) is 9.59 Å². The smallest absolute Gasteiger partial charge is 0.414 e. The largest absolute Gasteiger partial charge is 0.464 e. The molecule has 0 saturated carbocycles. The zero-order chi connectivity index (χ0) is 27.7. The molecule has 0 N–H and O–H groups in total. The summed E-state index contributed by atoms with van der Waals surface area (Å²) in [6.45, 7) is 12.8. The Morgan fingerprint density at radius 3 is 2.24 bits per heavy atom. The quantitative estimate of drug-likeness (QED) is 0.338. The van der Waals surface area contributed by atoms with Crippen molar-refractivity contribution < 1.29 is 19.1 Å². The van der Waals surface area contributed by atoms with Gasteiger partial charge in [-0.15, -0.1) is 0 Å². The van der Waals surface area contributed by atoms with Crippen LogP contribution < -0.4 is 4.90 Å². The predicted molar refractivity (Wildman–Crippen MR) is 152 cm³/mol. The molecule has 0 atom stereocenters. The fraction of sp³-hybridized carbons (Fsp3) is 0.406. The Hall–Kier alpha value is -3.67. The van der Waals surface area contributed by atoms with Gasteiger partial charge in [0.25, 0.3) is 0 Å². The van der Waals surface area contributed by atoms with E-state index in [1.165, 1.54) is 12.7 Å². The van der Waals surface area contributed by atoms with Crippen molar-refractivity contribution >= 4 is 17.7 Å². The number of hydrogen-bond donors (Lipinski definition) is 0. The van der Waals surface area contributed by atoms with Crippen LogP contribution >= 0.6 is 0 Å². The van der Waals surface area contributed by atoms with E-state index in [1.807, 2.05) is 63.2 Å². The lowest BCUT2D eigenvalue weighted by Crippen LogP contribution is -2.39. The monoisotopic (exact) mass is 514 g/mol. The van der Waals surface area contributed by atoms with Crippen molar-refractivity contribution in [2.75, 3.05) is 18.6 Å². The third-order valence-corrected chi connectivity index (χ3v) is 6.39.